The van der Waals surface area contributed by atoms with Gasteiger partial charge in [0.25, 0.3) is 0 Å². The molecule has 1 aromatic heterocycles. The number of nitrogens with one attached hydrogen (secondary N) is 1. The molecule has 0 radical (unpaired) electrons. The highest BCUT2D eigenvalue weighted by Crippen LogP contribution is 2.44. The van der Waals surface area contributed by atoms with E-state index >= 15 is 0 Å². The van der Waals surface area contributed by atoms with Crippen LogP contribution in [0.5, 0.6) is 11.5 Å². The molecular formula is C26H20F5N3O6S. The van der Waals surface area contributed by atoms with Crippen molar-refractivity contribution in [1.29, 1.82) is 0 Å². The number of aliphatic hydroxyl groups is 1. The normalized spacial score (nSPS) is 14.4. The number of amides is 1. The lowest BCUT2D eigenvalue weighted by Crippen LogP contribution is -2.26. The van der Waals surface area contributed by atoms with Crippen LogP contribution >= 0.6 is 0 Å². The van der Waals surface area contributed by atoms with Crippen LogP contribution in [0.15, 0.2) is 65.6 Å². The zero-order chi connectivity index (χ0) is 29.6. The molecule has 1 aliphatic rings. The zero-order valence-electron chi connectivity index (χ0n) is 20.8. The first-order chi connectivity index (χ1) is 19.3. The van der Waals surface area contributed by atoms with Gasteiger partial charge in [0.05, 0.1) is 41.3 Å². The summed E-state index contributed by atoms with van der Waals surface area (Å²) in [6, 6.07) is 13.3. The van der Waals surface area contributed by atoms with Gasteiger partial charge in [0.2, 0.25) is 11.7 Å². The van der Waals surface area contributed by atoms with Gasteiger partial charge in [-0.25, -0.2) is 13.4 Å². The van der Waals surface area contributed by atoms with Crippen molar-refractivity contribution in [3.63, 3.8) is 0 Å². The SMILES string of the molecule is O=C(Cc1ccc(S(=O)(=O)CCO)cc1)Nc1ccc2c(c1)nc(C(F)(F)F)n2Cc1cccc2c1OC(F)(F)O2. The van der Waals surface area contributed by atoms with Crippen LogP contribution in [-0.2, 0) is 33.8 Å². The highest BCUT2D eigenvalue weighted by Gasteiger charge is 2.45. The molecule has 2 N–H and O–H groups in total. The molecule has 216 valence electrons. The number of aliphatic hydroxyl groups excluding tert-OH is 1. The van der Waals surface area contributed by atoms with Gasteiger partial charge in [-0.2, -0.15) is 13.2 Å². The first-order valence-electron chi connectivity index (χ1n) is 11.9. The van der Waals surface area contributed by atoms with Gasteiger partial charge in [-0.1, -0.05) is 24.3 Å². The smallest absolute Gasteiger partial charge is 0.395 e. The van der Waals surface area contributed by atoms with Gasteiger partial charge in [0.15, 0.2) is 21.3 Å². The van der Waals surface area contributed by atoms with Crippen molar-refractivity contribution >= 4 is 32.5 Å². The number of anilines is 1. The predicted octanol–water partition coefficient (Wildman–Crippen LogP) is 4.37. The Labute approximate surface area is 229 Å². The van der Waals surface area contributed by atoms with E-state index in [0.717, 1.165) is 4.57 Å². The molecule has 0 saturated carbocycles. The molecule has 0 spiro atoms. The average molecular weight is 598 g/mol. The van der Waals surface area contributed by atoms with Gasteiger partial charge in [0.1, 0.15) is 0 Å². The van der Waals surface area contributed by atoms with Gasteiger partial charge < -0.3 is 24.5 Å². The summed E-state index contributed by atoms with van der Waals surface area (Å²) in [7, 11) is -3.65. The third-order valence-electron chi connectivity index (χ3n) is 6.13. The number of halogens is 5. The van der Waals surface area contributed by atoms with E-state index < -0.39 is 52.9 Å². The highest BCUT2D eigenvalue weighted by molar-refractivity contribution is 7.91. The molecule has 0 fully saturated rings. The summed E-state index contributed by atoms with van der Waals surface area (Å²) in [5.74, 6) is -2.93. The number of rotatable bonds is 8. The van der Waals surface area contributed by atoms with E-state index in [1.807, 2.05) is 0 Å². The van der Waals surface area contributed by atoms with E-state index in [9.17, 15) is 35.2 Å². The van der Waals surface area contributed by atoms with E-state index in [2.05, 4.69) is 19.8 Å². The number of fused-ring (bicyclic) bond motifs is 2. The fourth-order valence-electron chi connectivity index (χ4n) is 4.35. The molecule has 0 unspecified atom stereocenters. The Morgan fingerprint density at radius 3 is 2.46 bits per heavy atom. The van der Waals surface area contributed by atoms with E-state index in [4.69, 9.17) is 5.11 Å². The zero-order valence-corrected chi connectivity index (χ0v) is 21.6. The summed E-state index contributed by atoms with van der Waals surface area (Å²) >= 11 is 0. The lowest BCUT2D eigenvalue weighted by atomic mass is 10.1. The Bertz CT molecular complexity index is 1740. The minimum Gasteiger partial charge on any atom is -0.395 e. The Balaban J connectivity index is 1.38. The molecule has 5 rings (SSSR count). The van der Waals surface area contributed by atoms with Crippen molar-refractivity contribution < 1.29 is 49.7 Å². The Kier molecular flexibility index (Phi) is 7.11. The minimum absolute atomic E-state index is 0.00882. The number of ether oxygens (including phenoxy) is 2. The fourth-order valence-corrected chi connectivity index (χ4v) is 5.37. The number of aromatic nitrogens is 2. The van der Waals surface area contributed by atoms with Crippen molar-refractivity contribution in [2.45, 2.75) is 30.3 Å². The van der Waals surface area contributed by atoms with Crippen molar-refractivity contribution in [2.24, 2.45) is 0 Å². The third-order valence-corrected chi connectivity index (χ3v) is 7.84. The van der Waals surface area contributed by atoms with Crippen LogP contribution in [-0.4, -0.2) is 47.6 Å². The lowest BCUT2D eigenvalue weighted by molar-refractivity contribution is -0.287. The number of benzene rings is 3. The second-order valence-electron chi connectivity index (χ2n) is 9.05. The lowest BCUT2D eigenvalue weighted by Gasteiger charge is -2.13. The number of para-hydroxylation sites is 1. The van der Waals surface area contributed by atoms with Crippen LogP contribution in [0.2, 0.25) is 0 Å². The van der Waals surface area contributed by atoms with Crippen molar-refractivity contribution in [2.75, 3.05) is 17.7 Å². The summed E-state index contributed by atoms with van der Waals surface area (Å²) in [5, 5.41) is 11.5. The van der Waals surface area contributed by atoms with Gasteiger partial charge in [-0.3, -0.25) is 4.79 Å². The molecule has 2 heterocycles. The molecule has 0 atom stereocenters. The molecule has 9 nitrogen and oxygen atoms in total. The molecule has 4 aromatic rings. The first kappa shape index (κ1) is 28.3. The Morgan fingerprint density at radius 1 is 1.05 bits per heavy atom. The summed E-state index contributed by atoms with van der Waals surface area (Å²) in [4.78, 5) is 16.3. The Hall–Kier alpha value is -4.24. The van der Waals surface area contributed by atoms with E-state index in [1.54, 1.807) is 0 Å². The molecule has 3 aromatic carbocycles. The Morgan fingerprint density at radius 2 is 1.78 bits per heavy atom. The van der Waals surface area contributed by atoms with Crippen LogP contribution in [0.1, 0.15) is 17.0 Å². The van der Waals surface area contributed by atoms with E-state index in [0.29, 0.717) is 5.56 Å². The molecule has 1 aliphatic heterocycles. The van der Waals surface area contributed by atoms with Crippen LogP contribution in [0.3, 0.4) is 0 Å². The summed E-state index contributed by atoms with van der Waals surface area (Å²) in [6.07, 6.45) is -9.00. The molecular weight excluding hydrogens is 577 g/mol. The number of carbonyl (C=O) groups excluding carboxylic acids is 1. The molecule has 0 saturated heterocycles. The van der Waals surface area contributed by atoms with E-state index in [-0.39, 0.29) is 45.1 Å². The van der Waals surface area contributed by atoms with Crippen LogP contribution in [0.4, 0.5) is 27.6 Å². The largest absolute Gasteiger partial charge is 0.586 e. The van der Waals surface area contributed by atoms with Gasteiger partial charge in [0, 0.05) is 11.3 Å². The van der Waals surface area contributed by atoms with Crippen LogP contribution < -0.4 is 14.8 Å². The number of alkyl halides is 5. The van der Waals surface area contributed by atoms with Crippen LogP contribution in [0, 0.1) is 0 Å². The average Bonchev–Trinajstić information content (AvgIpc) is 3.40. The molecule has 15 heteroatoms. The molecule has 41 heavy (non-hydrogen) atoms. The van der Waals surface area contributed by atoms with Gasteiger partial charge >= 0.3 is 12.5 Å². The maximum absolute atomic E-state index is 13.9. The minimum atomic E-state index is -4.89. The topological polar surface area (TPSA) is 120 Å². The van der Waals surface area contributed by atoms with Crippen molar-refractivity contribution in [3.05, 3.63) is 77.6 Å². The summed E-state index contributed by atoms with van der Waals surface area (Å²) in [5.41, 5.74) is 0.557. The summed E-state index contributed by atoms with van der Waals surface area (Å²) < 4.78 is 103. The third kappa shape index (κ3) is 5.95. The number of nitrogens with zero attached hydrogens (tertiary/aromatic N) is 2. The molecule has 0 bridgehead atoms. The van der Waals surface area contributed by atoms with Crippen molar-refractivity contribution in [3.8, 4) is 11.5 Å². The maximum atomic E-state index is 13.9. The first-order valence-corrected chi connectivity index (χ1v) is 13.6. The van der Waals surface area contributed by atoms with Gasteiger partial charge in [-0.15, -0.1) is 8.78 Å². The standard InChI is InChI=1S/C26H20F5N3O6S/c27-25(28,29)24-33-19-13-17(32-22(36)12-15-4-7-18(8-5-15)41(37,38)11-10-35)6-9-20(19)34(24)14-16-2-1-3-21-23(16)40-26(30,31)39-21/h1-9,13,35H,10-12,14H2,(H,32,36). The number of sulfone groups is 1. The number of carbonyl (C=O) groups is 1. The number of hydrogen-bond acceptors (Lipinski definition) is 7. The van der Waals surface area contributed by atoms with Gasteiger partial charge in [-0.05, 0) is 42.0 Å². The second-order valence-corrected chi connectivity index (χ2v) is 11.2. The predicted molar refractivity (Wildman–Crippen MR) is 134 cm³/mol. The fraction of sp³-hybridized carbons (Fsp3) is 0.231. The monoisotopic (exact) mass is 597 g/mol. The van der Waals surface area contributed by atoms with Crippen molar-refractivity contribution in [1.82, 2.24) is 9.55 Å². The summed E-state index contributed by atoms with van der Waals surface area (Å²) in [6.45, 7) is -1.04. The van der Waals surface area contributed by atoms with Crippen LogP contribution in [0.25, 0.3) is 11.0 Å². The molecule has 0 aliphatic carbocycles. The number of hydrogen-bond donors (Lipinski definition) is 2. The highest BCUT2D eigenvalue weighted by atomic mass is 32.2. The quantitative estimate of drug-likeness (QED) is 0.290. The van der Waals surface area contributed by atoms with E-state index in [1.165, 1.54) is 60.7 Å². The maximum Gasteiger partial charge on any atom is 0.586 e. The molecule has 1 amide bonds. The number of imidazole rings is 1. The second kappa shape index (κ2) is 10.3.